The number of amides is 4. The van der Waals surface area contributed by atoms with Crippen LogP contribution < -0.4 is 27.0 Å². The second-order valence-electron chi connectivity index (χ2n) is 9.95. The van der Waals surface area contributed by atoms with Crippen molar-refractivity contribution in [3.8, 4) is 0 Å². The van der Waals surface area contributed by atoms with Crippen LogP contribution in [0.25, 0.3) is 0 Å². The molecular weight excluding hydrogens is 610 g/mol. The van der Waals surface area contributed by atoms with Gasteiger partial charge in [-0.2, -0.15) is 0 Å². The van der Waals surface area contributed by atoms with Crippen LogP contribution in [-0.2, 0) is 30.3 Å². The lowest BCUT2D eigenvalue weighted by atomic mass is 9.99. The lowest BCUT2D eigenvalue weighted by molar-refractivity contribution is -0.146. The van der Waals surface area contributed by atoms with Gasteiger partial charge in [0.15, 0.2) is 6.04 Å². The Morgan fingerprint density at radius 2 is 1.84 bits per heavy atom. The number of rotatable bonds is 15. The Bertz CT molecular complexity index is 1290. The molecule has 20 heteroatoms. The van der Waals surface area contributed by atoms with Crippen molar-refractivity contribution in [1.29, 1.82) is 0 Å². The molecule has 12 N–H and O–H groups in total. The van der Waals surface area contributed by atoms with Crippen molar-refractivity contribution < 1.29 is 49.1 Å². The van der Waals surface area contributed by atoms with E-state index in [0.29, 0.717) is 25.1 Å². The number of hydrogen-bond acceptors (Lipinski definition) is 12. The molecule has 3 heterocycles. The van der Waals surface area contributed by atoms with Crippen LogP contribution in [0.15, 0.2) is 18.7 Å². The first-order valence-electron chi connectivity index (χ1n) is 13.4. The summed E-state index contributed by atoms with van der Waals surface area (Å²) in [4.78, 5) is 75.6. The number of aromatic nitrogens is 4. The molecule has 19 nitrogen and oxygen atoms in total. The van der Waals surface area contributed by atoms with Crippen LogP contribution in [0.1, 0.15) is 36.9 Å². The number of halogens is 1. The fourth-order valence-corrected chi connectivity index (χ4v) is 4.54. The first kappa shape index (κ1) is 34.2. The summed E-state index contributed by atoms with van der Waals surface area (Å²) in [5.74, 6) is -4.70. The second kappa shape index (κ2) is 16.0. The summed E-state index contributed by atoms with van der Waals surface area (Å²) in [6, 6.07) is -6.05. The largest absolute Gasteiger partial charge is 0.480 e. The summed E-state index contributed by atoms with van der Waals surface area (Å²) >= 11 is 5.76. The highest BCUT2D eigenvalue weighted by Crippen LogP contribution is 2.17. The number of hydrogen-bond donors (Lipinski definition) is 11. The molecule has 3 rings (SSSR count). The normalized spacial score (nSPS) is 19.9. The minimum atomic E-state index is -1.94. The summed E-state index contributed by atoms with van der Waals surface area (Å²) in [6.45, 7) is -0.194. The minimum Gasteiger partial charge on any atom is -0.480 e. The predicted octanol–water partition coefficient (Wildman–Crippen LogP) is -3.44. The summed E-state index contributed by atoms with van der Waals surface area (Å²) in [5, 5.41) is 50.7. The Morgan fingerprint density at radius 3 is 2.43 bits per heavy atom. The van der Waals surface area contributed by atoms with Crippen molar-refractivity contribution in [1.82, 2.24) is 41.2 Å². The molecule has 7 atom stereocenters. The van der Waals surface area contributed by atoms with E-state index in [1.807, 2.05) is 0 Å². The number of carbonyl (C=O) groups excluding carboxylic acids is 4. The van der Waals surface area contributed by atoms with Gasteiger partial charge < -0.3 is 62.1 Å². The number of carboxylic acid groups (broad SMARTS) is 1. The van der Waals surface area contributed by atoms with Crippen molar-refractivity contribution in [3.63, 3.8) is 0 Å². The van der Waals surface area contributed by atoms with E-state index in [-0.39, 0.29) is 17.4 Å². The summed E-state index contributed by atoms with van der Waals surface area (Å²) in [7, 11) is 0. The van der Waals surface area contributed by atoms with Crippen LogP contribution in [-0.4, -0.2) is 120 Å². The molecule has 1 saturated heterocycles. The molecule has 5 unspecified atom stereocenters. The van der Waals surface area contributed by atoms with Gasteiger partial charge in [0.25, 0.3) is 0 Å². The third kappa shape index (κ3) is 9.88. The standard InChI is InChI=1S/C24H34ClN9O10/c25-15-7-29-19(33-15)18(37)17(23(41)42)34-21(39)12(4-10-6-27-9-30-10)31-20(38)13(5-11(35)8-44-24(26)43)32-22(40)16-14(36)2-1-3-28-16/h6-7,9,11-14,16-18,28,35-37H,1-5,8H2,(H2,26,43)(H,27,30)(H,29,33)(H,31,38)(H,32,40)(H,34,39)(H,41,42)/t11?,12-,13?,14?,16?,17-,18?/m0/s1. The van der Waals surface area contributed by atoms with Crippen molar-refractivity contribution in [2.75, 3.05) is 13.2 Å². The second-order valence-corrected chi connectivity index (χ2v) is 10.4. The third-order valence-corrected chi connectivity index (χ3v) is 6.80. The molecule has 242 valence electrons. The zero-order valence-electron chi connectivity index (χ0n) is 23.1. The number of carboxylic acids is 1. The molecule has 0 aromatic carbocycles. The van der Waals surface area contributed by atoms with E-state index >= 15 is 0 Å². The highest BCUT2D eigenvalue weighted by molar-refractivity contribution is 6.29. The Morgan fingerprint density at radius 1 is 1.11 bits per heavy atom. The summed E-state index contributed by atoms with van der Waals surface area (Å²) < 4.78 is 4.56. The van der Waals surface area contributed by atoms with Gasteiger partial charge >= 0.3 is 12.1 Å². The molecule has 2 aromatic heterocycles. The van der Waals surface area contributed by atoms with Gasteiger partial charge in [-0.25, -0.2) is 19.6 Å². The number of imidazole rings is 2. The van der Waals surface area contributed by atoms with E-state index < -0.39 is 85.3 Å². The van der Waals surface area contributed by atoms with Gasteiger partial charge in [0.2, 0.25) is 17.7 Å². The summed E-state index contributed by atoms with van der Waals surface area (Å²) in [5.41, 5.74) is 5.27. The Labute approximate surface area is 254 Å². The molecule has 1 aliphatic heterocycles. The van der Waals surface area contributed by atoms with Crippen LogP contribution in [0.4, 0.5) is 4.79 Å². The van der Waals surface area contributed by atoms with Crippen LogP contribution in [0.5, 0.6) is 0 Å². The molecule has 1 fully saturated rings. The first-order valence-corrected chi connectivity index (χ1v) is 13.7. The molecule has 0 saturated carbocycles. The van der Waals surface area contributed by atoms with Gasteiger partial charge in [0.05, 0.1) is 24.7 Å². The number of nitrogens with two attached hydrogens (primary N) is 1. The fourth-order valence-electron chi connectivity index (χ4n) is 4.40. The number of piperidine rings is 1. The number of aliphatic hydroxyl groups is 3. The van der Waals surface area contributed by atoms with Crippen molar-refractivity contribution in [2.45, 2.75) is 68.2 Å². The van der Waals surface area contributed by atoms with Crippen molar-refractivity contribution >= 4 is 41.4 Å². The van der Waals surface area contributed by atoms with Gasteiger partial charge in [0, 0.05) is 24.7 Å². The molecule has 0 bridgehead atoms. The number of aromatic amines is 2. The van der Waals surface area contributed by atoms with Gasteiger partial charge in [-0.3, -0.25) is 14.4 Å². The van der Waals surface area contributed by atoms with Crippen molar-refractivity contribution in [3.05, 3.63) is 35.4 Å². The number of nitrogens with one attached hydrogen (secondary N) is 6. The van der Waals surface area contributed by atoms with Gasteiger partial charge in [0.1, 0.15) is 41.8 Å². The predicted molar refractivity (Wildman–Crippen MR) is 147 cm³/mol. The van der Waals surface area contributed by atoms with E-state index in [2.05, 4.69) is 45.9 Å². The van der Waals surface area contributed by atoms with E-state index in [4.69, 9.17) is 17.3 Å². The van der Waals surface area contributed by atoms with Crippen LogP contribution in [0, 0.1) is 0 Å². The fraction of sp³-hybridized carbons (Fsp3) is 0.542. The molecule has 0 spiro atoms. The van der Waals surface area contributed by atoms with Gasteiger partial charge in [-0.15, -0.1) is 0 Å². The zero-order chi connectivity index (χ0) is 32.4. The lowest BCUT2D eigenvalue weighted by Crippen LogP contribution is -2.61. The molecule has 44 heavy (non-hydrogen) atoms. The van der Waals surface area contributed by atoms with Crippen LogP contribution in [0.3, 0.4) is 0 Å². The average Bonchev–Trinajstić information content (AvgIpc) is 3.65. The lowest BCUT2D eigenvalue weighted by Gasteiger charge is -2.30. The molecule has 1 aliphatic rings. The number of H-pyrrole nitrogens is 2. The molecule has 0 radical (unpaired) electrons. The monoisotopic (exact) mass is 643 g/mol. The smallest absolute Gasteiger partial charge is 0.404 e. The maximum absolute atomic E-state index is 13.5. The average molecular weight is 644 g/mol. The number of nitrogens with zero attached hydrogens (tertiary/aromatic N) is 2. The van der Waals surface area contributed by atoms with Crippen LogP contribution >= 0.6 is 11.6 Å². The van der Waals surface area contributed by atoms with Gasteiger partial charge in [-0.05, 0) is 19.4 Å². The minimum absolute atomic E-state index is 0.00588. The first-order chi connectivity index (χ1) is 20.8. The highest BCUT2D eigenvalue weighted by Gasteiger charge is 2.37. The molecule has 0 aliphatic carbocycles. The maximum Gasteiger partial charge on any atom is 0.404 e. The molecule has 4 amide bonds. The van der Waals surface area contributed by atoms with E-state index in [0.717, 1.165) is 6.20 Å². The van der Waals surface area contributed by atoms with E-state index in [9.17, 15) is 44.4 Å². The van der Waals surface area contributed by atoms with Gasteiger partial charge in [-0.1, -0.05) is 11.6 Å². The number of aliphatic hydroxyl groups excluding tert-OH is 3. The quantitative estimate of drug-likeness (QED) is 0.0901. The van der Waals surface area contributed by atoms with E-state index in [1.165, 1.54) is 12.5 Å². The third-order valence-electron chi connectivity index (χ3n) is 6.60. The molecular formula is C24H34ClN9O10. The topological polar surface area (TPSA) is 307 Å². The molecule has 2 aromatic rings. The Balaban J connectivity index is 1.82. The number of primary amides is 1. The van der Waals surface area contributed by atoms with Crippen molar-refractivity contribution in [2.24, 2.45) is 5.73 Å². The maximum atomic E-state index is 13.5. The number of ether oxygens (including phenoxy) is 1. The number of carbonyl (C=O) groups is 5. The Hall–Kier alpha value is -4.30. The van der Waals surface area contributed by atoms with Crippen LogP contribution in [0.2, 0.25) is 5.15 Å². The summed E-state index contributed by atoms with van der Waals surface area (Å²) in [6.07, 6.45) is -1.65. The van der Waals surface area contributed by atoms with E-state index in [1.54, 1.807) is 0 Å². The highest BCUT2D eigenvalue weighted by atomic mass is 35.5. The zero-order valence-corrected chi connectivity index (χ0v) is 23.9. The number of aliphatic carboxylic acids is 1. The Kier molecular flexibility index (Phi) is 12.4. The SMILES string of the molecule is NC(=O)OCC(O)CC(NC(=O)C1NCCCC1O)C(=O)N[C@@H](Cc1cnc[nH]1)C(=O)N[C@H](C(=O)O)C(O)c1ncc(Cl)[nH]1.